The molecule has 1 aromatic heterocycles. The Morgan fingerprint density at radius 1 is 0.733 bits per heavy atom. The summed E-state index contributed by atoms with van der Waals surface area (Å²) in [5, 5.41) is -5.00. The molecule has 0 aliphatic heterocycles. The lowest BCUT2D eigenvalue weighted by atomic mass is 10.1. The lowest BCUT2D eigenvalue weighted by Gasteiger charge is -2.12. The molecule has 0 atom stereocenters. The van der Waals surface area contributed by atoms with Crippen molar-refractivity contribution in [1.29, 1.82) is 0 Å². The van der Waals surface area contributed by atoms with Crippen molar-refractivity contribution >= 4 is 40.8 Å². The lowest BCUT2D eigenvalue weighted by molar-refractivity contribution is -0.264. The van der Waals surface area contributed by atoms with Crippen molar-refractivity contribution in [3.63, 3.8) is 0 Å². The summed E-state index contributed by atoms with van der Waals surface area (Å²) in [5.74, 6) is -1.86. The molecule has 30 heavy (non-hydrogen) atoms. The fraction of sp³-hybridized carbons (Fsp3) is 0.200. The van der Waals surface area contributed by atoms with E-state index in [2.05, 4.69) is 0 Å². The van der Waals surface area contributed by atoms with Crippen LogP contribution >= 0.6 is 10.5 Å². The highest BCUT2D eigenvalue weighted by Gasteiger charge is 2.69. The molecule has 0 saturated heterocycles. The molecule has 0 unspecified atom stereocenters. The summed E-state index contributed by atoms with van der Waals surface area (Å²) in [7, 11) is -8.91. The van der Waals surface area contributed by atoms with Gasteiger partial charge in [-0.2, -0.15) is 26.3 Å². The number of fused-ring (bicyclic) bond motifs is 3. The largest absolute Gasteiger partial charge is 0.741 e. The number of hydrogen-bond donors (Lipinski definition) is 0. The Bertz CT molecular complexity index is 1130. The van der Waals surface area contributed by atoms with Gasteiger partial charge in [-0.3, -0.25) is 0 Å². The fourth-order valence-electron chi connectivity index (χ4n) is 2.29. The van der Waals surface area contributed by atoms with E-state index in [-0.39, 0.29) is 10.8 Å². The third-order valence-electron chi connectivity index (χ3n) is 3.49. The van der Waals surface area contributed by atoms with E-state index in [0.29, 0.717) is 12.1 Å². The van der Waals surface area contributed by atoms with Gasteiger partial charge >= 0.3 is 16.9 Å². The standard InChI is InChI=1S/C14H6F7S.CHF3O3S/c15-7-1-3-9-10-4-2-8(16)6-12(10)22(11(9)5-7)14(20,21)13(17,18)19;2-1(3,4)8(5,6)7/h1-6H;(H,5,6,7)/q+1;/p-1. The Balaban J connectivity index is 0.000000343. The highest BCUT2D eigenvalue weighted by molar-refractivity contribution is 7.86. The summed E-state index contributed by atoms with van der Waals surface area (Å²) in [6.07, 6.45) is -5.83. The van der Waals surface area contributed by atoms with Crippen LogP contribution in [0.25, 0.3) is 20.2 Å². The van der Waals surface area contributed by atoms with Gasteiger partial charge in [0.15, 0.2) is 19.5 Å². The van der Waals surface area contributed by atoms with Gasteiger partial charge in [-0.25, -0.2) is 17.2 Å². The Kier molecular flexibility index (Phi) is 6.06. The van der Waals surface area contributed by atoms with Gasteiger partial charge in [0.05, 0.1) is 10.5 Å². The molecule has 0 bridgehead atoms. The van der Waals surface area contributed by atoms with E-state index in [9.17, 15) is 43.9 Å². The van der Waals surface area contributed by atoms with Crippen LogP contribution in [0.2, 0.25) is 0 Å². The summed E-state index contributed by atoms with van der Waals surface area (Å²) >= 11 is 0. The summed E-state index contributed by atoms with van der Waals surface area (Å²) in [6.45, 7) is 0. The zero-order valence-electron chi connectivity index (χ0n) is 13.8. The minimum atomic E-state index is -6.09. The average Bonchev–Trinajstić information content (AvgIpc) is 2.85. The van der Waals surface area contributed by atoms with Crippen LogP contribution in [0.1, 0.15) is 0 Å². The van der Waals surface area contributed by atoms with Crippen LogP contribution in [-0.4, -0.2) is 24.7 Å². The highest BCUT2D eigenvalue weighted by Crippen LogP contribution is 2.59. The molecular weight excluding hydrogens is 482 g/mol. The molecule has 166 valence electrons. The Hall–Kier alpha value is -2.13. The summed E-state index contributed by atoms with van der Waals surface area (Å²) in [5.41, 5.74) is -5.65. The van der Waals surface area contributed by atoms with Crippen LogP contribution in [0.5, 0.6) is 0 Å². The molecule has 3 rings (SSSR count). The fourth-order valence-corrected chi connectivity index (χ4v) is 4.56. The van der Waals surface area contributed by atoms with Gasteiger partial charge in [-0.1, -0.05) is 0 Å². The number of alkyl halides is 8. The van der Waals surface area contributed by atoms with E-state index in [4.69, 9.17) is 13.0 Å². The number of hydrogen-bond acceptors (Lipinski definition) is 3. The van der Waals surface area contributed by atoms with Crippen molar-refractivity contribution in [1.82, 2.24) is 0 Å². The average molecular weight is 488 g/mol. The number of rotatable bonds is 1. The first kappa shape index (κ1) is 24.1. The Morgan fingerprint density at radius 2 is 1.07 bits per heavy atom. The summed E-state index contributed by atoms with van der Waals surface area (Å²) < 4.78 is 151. The van der Waals surface area contributed by atoms with Gasteiger partial charge in [-0.05, 0) is 24.3 Å². The molecule has 0 spiro atoms. The normalized spacial score (nSPS) is 13.4. The number of thiophene rings is 1. The predicted octanol–water partition coefficient (Wildman–Crippen LogP) is 6.18. The number of halogens is 10. The van der Waals surface area contributed by atoms with Crippen molar-refractivity contribution in [2.24, 2.45) is 0 Å². The minimum absolute atomic E-state index is 0.0589. The highest BCUT2D eigenvalue weighted by atomic mass is 32.2. The topological polar surface area (TPSA) is 57.2 Å². The smallest absolute Gasteiger partial charge is 0.530 e. The Morgan fingerprint density at radius 3 is 1.33 bits per heavy atom. The van der Waals surface area contributed by atoms with Crippen LogP contribution in [-0.2, 0) is 15.4 Å². The quantitative estimate of drug-likeness (QED) is 0.178. The van der Waals surface area contributed by atoms with E-state index in [1.54, 1.807) is 0 Å². The predicted molar refractivity (Wildman–Crippen MR) is 85.8 cm³/mol. The summed E-state index contributed by atoms with van der Waals surface area (Å²) in [4.78, 5) is 0. The van der Waals surface area contributed by atoms with Crippen molar-refractivity contribution in [3.8, 4) is 0 Å². The summed E-state index contributed by atoms with van der Waals surface area (Å²) in [6, 6.07) is 5.48. The van der Waals surface area contributed by atoms with Crippen molar-refractivity contribution in [3.05, 3.63) is 48.0 Å². The van der Waals surface area contributed by atoms with Crippen molar-refractivity contribution in [2.75, 3.05) is 0 Å². The maximum absolute atomic E-state index is 13.9. The van der Waals surface area contributed by atoms with Crippen LogP contribution in [0, 0.1) is 11.6 Å². The van der Waals surface area contributed by atoms with Gasteiger partial charge in [0, 0.05) is 22.9 Å². The van der Waals surface area contributed by atoms with E-state index >= 15 is 0 Å². The molecule has 1 heterocycles. The maximum Gasteiger partial charge on any atom is 0.530 e. The monoisotopic (exact) mass is 488 g/mol. The third-order valence-corrected chi connectivity index (χ3v) is 6.35. The molecule has 0 amide bonds. The molecule has 0 aliphatic carbocycles. The first-order chi connectivity index (χ1) is 13.4. The van der Waals surface area contributed by atoms with Gasteiger partial charge < -0.3 is 4.55 Å². The molecule has 2 aromatic carbocycles. The molecule has 3 aromatic rings. The van der Waals surface area contributed by atoms with E-state index in [1.165, 1.54) is 0 Å². The molecular formula is C15H6F10O3S2. The van der Waals surface area contributed by atoms with Crippen LogP contribution in [0.3, 0.4) is 0 Å². The first-order valence-corrected chi connectivity index (χ1v) is 9.82. The second-order valence-corrected chi connectivity index (χ2v) is 8.88. The minimum Gasteiger partial charge on any atom is -0.741 e. The van der Waals surface area contributed by atoms with Gasteiger partial charge in [-0.15, -0.1) is 8.78 Å². The van der Waals surface area contributed by atoms with Crippen LogP contribution < -0.4 is 0 Å². The van der Waals surface area contributed by atoms with Crippen LogP contribution in [0.4, 0.5) is 43.9 Å². The zero-order valence-corrected chi connectivity index (χ0v) is 15.4. The second kappa shape index (κ2) is 7.53. The second-order valence-electron chi connectivity index (χ2n) is 5.50. The van der Waals surface area contributed by atoms with E-state index < -0.39 is 58.6 Å². The van der Waals surface area contributed by atoms with E-state index in [1.807, 2.05) is 0 Å². The molecule has 15 heteroatoms. The van der Waals surface area contributed by atoms with Gasteiger partial charge in [0.1, 0.15) is 11.6 Å². The molecule has 0 radical (unpaired) electrons. The lowest BCUT2D eigenvalue weighted by Crippen LogP contribution is -2.29. The molecule has 3 nitrogen and oxygen atoms in total. The Labute approximate surface area is 163 Å². The van der Waals surface area contributed by atoms with Crippen molar-refractivity contribution in [2.45, 2.75) is 16.9 Å². The third kappa shape index (κ3) is 4.46. The first-order valence-electron chi connectivity index (χ1n) is 7.18. The number of benzene rings is 2. The van der Waals surface area contributed by atoms with E-state index in [0.717, 1.165) is 24.3 Å². The zero-order chi connectivity index (χ0) is 23.3. The molecule has 0 fully saturated rings. The van der Waals surface area contributed by atoms with Crippen molar-refractivity contribution < 1.29 is 56.9 Å². The van der Waals surface area contributed by atoms with Crippen LogP contribution in [0.15, 0.2) is 36.4 Å². The molecule has 0 N–H and O–H groups in total. The van der Waals surface area contributed by atoms with Gasteiger partial charge in [0.25, 0.3) is 0 Å². The maximum atomic E-state index is 13.9. The molecule has 0 aliphatic rings. The molecule has 0 saturated carbocycles. The SMILES string of the molecule is Fc1ccc2c3ccc(F)cc3[s+](C(F)(F)C(F)(F)F)c2c1.O=S(=O)([O-])C(F)(F)F. The van der Waals surface area contributed by atoms with Gasteiger partial charge in [0.2, 0.25) is 0 Å².